The van der Waals surface area contributed by atoms with Gasteiger partial charge in [-0.25, -0.2) is 13.4 Å². The number of hydrogen-bond acceptors (Lipinski definition) is 6. The molecule has 2 aliphatic heterocycles. The third-order valence-corrected chi connectivity index (χ3v) is 7.54. The molecule has 0 aliphatic carbocycles. The van der Waals surface area contributed by atoms with E-state index in [2.05, 4.69) is 15.2 Å². The maximum atomic E-state index is 13.1. The molecule has 4 heterocycles. The van der Waals surface area contributed by atoms with Gasteiger partial charge in [-0.1, -0.05) is 0 Å². The smallest absolute Gasteiger partial charge is 0.243 e. The molecular formula is C19H21N5O3S. The first kappa shape index (κ1) is 17.6. The van der Waals surface area contributed by atoms with Crippen molar-refractivity contribution in [2.75, 3.05) is 19.7 Å². The Kier molecular flexibility index (Phi) is 4.09. The van der Waals surface area contributed by atoms with E-state index in [0.29, 0.717) is 24.6 Å². The van der Waals surface area contributed by atoms with Crippen LogP contribution in [-0.2, 0) is 16.4 Å². The molecule has 0 amide bonds. The summed E-state index contributed by atoms with van der Waals surface area (Å²) in [7, 11) is -3.50. The van der Waals surface area contributed by atoms with Crippen LogP contribution in [0.25, 0.3) is 5.65 Å². The van der Waals surface area contributed by atoms with Crippen molar-refractivity contribution in [2.45, 2.75) is 37.0 Å². The lowest BCUT2D eigenvalue weighted by atomic mass is 9.92. The van der Waals surface area contributed by atoms with Gasteiger partial charge in [0.2, 0.25) is 10.0 Å². The van der Waals surface area contributed by atoms with Crippen LogP contribution < -0.4 is 4.74 Å². The van der Waals surface area contributed by atoms with Crippen LogP contribution in [0.4, 0.5) is 0 Å². The normalized spacial score (nSPS) is 18.3. The van der Waals surface area contributed by atoms with Gasteiger partial charge in [-0.15, -0.1) is 9.73 Å². The molecular weight excluding hydrogens is 378 g/mol. The highest BCUT2D eigenvalue weighted by Crippen LogP contribution is 2.33. The second kappa shape index (κ2) is 6.52. The average molecular weight is 399 g/mol. The molecule has 0 N–H and O–H groups in total. The van der Waals surface area contributed by atoms with E-state index in [0.717, 1.165) is 47.5 Å². The molecule has 3 aromatic rings. The molecule has 0 atom stereocenters. The zero-order valence-corrected chi connectivity index (χ0v) is 16.4. The lowest BCUT2D eigenvalue weighted by Crippen LogP contribution is -2.38. The van der Waals surface area contributed by atoms with Crippen LogP contribution in [0.2, 0.25) is 0 Å². The fourth-order valence-corrected chi connectivity index (χ4v) is 5.63. The summed E-state index contributed by atoms with van der Waals surface area (Å²) in [6.07, 6.45) is 3.72. The quantitative estimate of drug-likeness (QED) is 0.669. The minimum atomic E-state index is -3.50. The summed E-state index contributed by atoms with van der Waals surface area (Å²) in [6.45, 7) is 3.60. The summed E-state index contributed by atoms with van der Waals surface area (Å²) in [5, 5.41) is 8.72. The molecule has 1 aromatic carbocycles. The second-order valence-electron chi connectivity index (χ2n) is 7.37. The van der Waals surface area contributed by atoms with Crippen LogP contribution in [0.15, 0.2) is 35.5 Å². The van der Waals surface area contributed by atoms with Gasteiger partial charge in [0.05, 0.1) is 17.2 Å². The summed E-state index contributed by atoms with van der Waals surface area (Å²) in [5.41, 5.74) is 3.74. The van der Waals surface area contributed by atoms with E-state index in [1.807, 2.05) is 13.0 Å². The van der Waals surface area contributed by atoms with Crippen LogP contribution in [0, 0.1) is 6.92 Å². The third kappa shape index (κ3) is 2.85. The molecule has 0 spiro atoms. The van der Waals surface area contributed by atoms with Crippen LogP contribution in [0.1, 0.15) is 35.6 Å². The number of ether oxygens (including phenoxy) is 1. The van der Waals surface area contributed by atoms with Gasteiger partial charge in [-0.05, 0) is 55.2 Å². The van der Waals surface area contributed by atoms with E-state index in [-0.39, 0.29) is 5.92 Å². The number of benzene rings is 1. The van der Waals surface area contributed by atoms with Crippen LogP contribution in [-0.4, -0.2) is 52.2 Å². The van der Waals surface area contributed by atoms with Crippen molar-refractivity contribution < 1.29 is 13.2 Å². The highest BCUT2D eigenvalue weighted by Gasteiger charge is 2.32. The van der Waals surface area contributed by atoms with Gasteiger partial charge in [-0.2, -0.15) is 9.40 Å². The third-order valence-electron chi connectivity index (χ3n) is 5.65. The molecule has 2 aliphatic rings. The Balaban J connectivity index is 1.35. The first-order valence-corrected chi connectivity index (χ1v) is 10.9. The summed E-state index contributed by atoms with van der Waals surface area (Å²) in [6, 6.07) is 7.15. The maximum absolute atomic E-state index is 13.1. The van der Waals surface area contributed by atoms with Gasteiger partial charge in [0.1, 0.15) is 12.1 Å². The Morgan fingerprint density at radius 2 is 2.00 bits per heavy atom. The fraction of sp³-hybridized carbons (Fsp3) is 0.421. The SMILES string of the molecule is Cc1cc2ncnn2nc1C1CCN(S(=O)(=O)c2ccc3c(c2)CCO3)CC1. The van der Waals surface area contributed by atoms with Gasteiger partial charge >= 0.3 is 0 Å². The molecule has 5 rings (SSSR count). The average Bonchev–Trinajstić information content (AvgIpc) is 3.35. The molecule has 0 saturated carbocycles. The highest BCUT2D eigenvalue weighted by molar-refractivity contribution is 7.89. The van der Waals surface area contributed by atoms with Crippen molar-refractivity contribution in [3.05, 3.63) is 47.4 Å². The van der Waals surface area contributed by atoms with Crippen LogP contribution >= 0.6 is 0 Å². The highest BCUT2D eigenvalue weighted by atomic mass is 32.2. The topological polar surface area (TPSA) is 89.7 Å². The number of piperidine rings is 1. The predicted octanol–water partition coefficient (Wildman–Crippen LogP) is 1.94. The van der Waals surface area contributed by atoms with E-state index >= 15 is 0 Å². The van der Waals surface area contributed by atoms with E-state index in [4.69, 9.17) is 4.74 Å². The molecule has 8 nitrogen and oxygen atoms in total. The van der Waals surface area contributed by atoms with Crippen LogP contribution in [0.3, 0.4) is 0 Å². The number of aromatic nitrogens is 4. The van der Waals surface area contributed by atoms with E-state index in [1.54, 1.807) is 22.5 Å². The molecule has 0 unspecified atom stereocenters. The standard InChI is InChI=1S/C19H21N5O3S/c1-13-10-18-20-12-21-24(18)22-19(13)14-4-7-23(8-5-14)28(25,26)16-2-3-17-15(11-16)6-9-27-17/h2-3,10-12,14H,4-9H2,1H3. The largest absolute Gasteiger partial charge is 0.493 e. The maximum Gasteiger partial charge on any atom is 0.243 e. The van der Waals surface area contributed by atoms with E-state index in [9.17, 15) is 8.42 Å². The Labute approximate surface area is 163 Å². The Bertz CT molecular complexity index is 1150. The summed E-state index contributed by atoms with van der Waals surface area (Å²) < 4.78 is 34.8. The molecule has 2 aromatic heterocycles. The Morgan fingerprint density at radius 3 is 2.82 bits per heavy atom. The van der Waals surface area contributed by atoms with Gasteiger partial charge in [0.25, 0.3) is 0 Å². The van der Waals surface area contributed by atoms with Gasteiger partial charge in [0, 0.05) is 25.4 Å². The van der Waals surface area contributed by atoms with Crippen molar-refractivity contribution >= 4 is 15.7 Å². The number of sulfonamides is 1. The fourth-order valence-electron chi connectivity index (χ4n) is 4.11. The lowest BCUT2D eigenvalue weighted by molar-refractivity contribution is 0.314. The lowest BCUT2D eigenvalue weighted by Gasteiger charge is -2.31. The summed E-state index contributed by atoms with van der Waals surface area (Å²) in [5.74, 6) is 1.01. The minimum Gasteiger partial charge on any atom is -0.493 e. The van der Waals surface area contributed by atoms with Crippen molar-refractivity contribution in [3.63, 3.8) is 0 Å². The summed E-state index contributed by atoms with van der Waals surface area (Å²) >= 11 is 0. The van der Waals surface area contributed by atoms with Gasteiger partial charge < -0.3 is 4.74 Å². The van der Waals surface area contributed by atoms with Gasteiger partial charge in [0.15, 0.2) is 5.65 Å². The predicted molar refractivity (Wildman–Crippen MR) is 102 cm³/mol. The molecule has 28 heavy (non-hydrogen) atoms. The van der Waals surface area contributed by atoms with Crippen molar-refractivity contribution in [1.82, 2.24) is 24.1 Å². The monoisotopic (exact) mass is 399 g/mol. The van der Waals surface area contributed by atoms with E-state index in [1.165, 1.54) is 11.0 Å². The zero-order chi connectivity index (χ0) is 19.3. The molecule has 146 valence electrons. The van der Waals surface area contributed by atoms with Crippen molar-refractivity contribution in [3.8, 4) is 5.75 Å². The number of aryl methyl sites for hydroxylation is 1. The molecule has 0 radical (unpaired) electrons. The first-order chi connectivity index (χ1) is 13.5. The van der Waals surface area contributed by atoms with Crippen molar-refractivity contribution in [1.29, 1.82) is 0 Å². The van der Waals surface area contributed by atoms with E-state index < -0.39 is 10.0 Å². The molecule has 9 heteroatoms. The minimum absolute atomic E-state index is 0.216. The Hall–Kier alpha value is -2.52. The van der Waals surface area contributed by atoms with Gasteiger partial charge in [-0.3, -0.25) is 0 Å². The summed E-state index contributed by atoms with van der Waals surface area (Å²) in [4.78, 5) is 4.52. The Morgan fingerprint density at radius 1 is 1.18 bits per heavy atom. The van der Waals surface area contributed by atoms with Crippen molar-refractivity contribution in [2.24, 2.45) is 0 Å². The molecule has 1 saturated heterocycles. The zero-order valence-electron chi connectivity index (χ0n) is 15.6. The molecule has 0 bridgehead atoms. The number of hydrogen-bond donors (Lipinski definition) is 0. The number of rotatable bonds is 3. The molecule has 1 fully saturated rings. The first-order valence-electron chi connectivity index (χ1n) is 9.46. The number of fused-ring (bicyclic) bond motifs is 2. The van der Waals surface area contributed by atoms with Crippen LogP contribution in [0.5, 0.6) is 5.75 Å². The number of nitrogens with zero attached hydrogens (tertiary/aromatic N) is 5. The second-order valence-corrected chi connectivity index (χ2v) is 9.30.